The van der Waals surface area contributed by atoms with Crippen molar-refractivity contribution in [1.82, 2.24) is 0 Å². The molecule has 0 aliphatic heterocycles. The summed E-state index contributed by atoms with van der Waals surface area (Å²) in [4.78, 5) is 30.8. The monoisotopic (exact) mass is 844 g/mol. The number of hydrogen-bond donors (Lipinski definition) is 3. The first-order valence-electron chi connectivity index (χ1n) is 21.0. The van der Waals surface area contributed by atoms with E-state index >= 15 is 0 Å². The molecule has 0 aromatic carbocycles. The molecule has 0 aromatic rings. The van der Waals surface area contributed by atoms with Crippen LogP contribution in [0.15, 0.2) is 0 Å². The number of carboxylic acid groups (broad SMARTS) is 3. The van der Waals surface area contributed by atoms with Crippen LogP contribution in [0.25, 0.3) is 0 Å². The molecule has 7 heteroatoms. The maximum absolute atomic E-state index is 10.3. The fraction of sp³-hybridized carbons (Fsp3) is 0.929. The summed E-state index contributed by atoms with van der Waals surface area (Å²) in [7, 11) is 0. The molecule has 0 bridgehead atoms. The van der Waals surface area contributed by atoms with Crippen molar-refractivity contribution in [2.75, 3.05) is 0 Å². The minimum atomic E-state index is -0.657. The Kier molecular flexibility index (Phi) is 58.9. The molecule has 0 aliphatic rings. The Labute approximate surface area is 336 Å². The van der Waals surface area contributed by atoms with Crippen LogP contribution in [-0.2, 0) is 14.4 Å². The molecule has 3 N–H and O–H groups in total. The van der Waals surface area contributed by atoms with Gasteiger partial charge in [0.15, 0.2) is 0 Å². The largest absolute Gasteiger partial charge is 0.481 e. The van der Waals surface area contributed by atoms with E-state index in [-0.39, 0.29) is 38.6 Å². The van der Waals surface area contributed by atoms with Crippen molar-refractivity contribution in [3.05, 3.63) is 0 Å². The smallest absolute Gasteiger partial charge is 0.303 e. The first-order chi connectivity index (χ1) is 23.3. The Morgan fingerprint density at radius 2 is 0.388 bits per heavy atom. The maximum Gasteiger partial charge on any atom is 0.303 e. The zero-order valence-electron chi connectivity index (χ0n) is 32.9. The molecule has 0 atom stereocenters. The van der Waals surface area contributed by atoms with Crippen LogP contribution in [0.5, 0.6) is 0 Å². The topological polar surface area (TPSA) is 112 Å². The van der Waals surface area contributed by atoms with Gasteiger partial charge in [-0.05, 0) is 19.3 Å². The summed E-state index contributed by atoms with van der Waals surface area (Å²) in [5.74, 6) is -1.97. The van der Waals surface area contributed by atoms with Crippen LogP contribution in [-0.4, -0.2) is 33.2 Å². The van der Waals surface area contributed by atoms with Crippen molar-refractivity contribution in [3.8, 4) is 0 Å². The van der Waals surface area contributed by atoms with Gasteiger partial charge >= 0.3 is 17.9 Å². The van der Waals surface area contributed by atoms with Crippen LogP contribution >= 0.6 is 0 Å². The molecule has 0 saturated heterocycles. The molecule has 0 fully saturated rings. The Morgan fingerprint density at radius 3 is 0.510 bits per heavy atom. The molecule has 0 unspecified atom stereocenters. The van der Waals surface area contributed by atoms with Gasteiger partial charge in [0.2, 0.25) is 0 Å². The molecule has 0 aromatic heterocycles. The van der Waals surface area contributed by atoms with Gasteiger partial charge in [-0.2, -0.15) is 0 Å². The van der Waals surface area contributed by atoms with Crippen molar-refractivity contribution in [2.24, 2.45) is 0 Å². The summed E-state index contributed by atoms with van der Waals surface area (Å²) < 4.78 is 0. The van der Waals surface area contributed by atoms with Gasteiger partial charge in [-0.25, -0.2) is 0 Å². The van der Waals surface area contributed by atoms with E-state index in [2.05, 4.69) is 20.8 Å². The van der Waals surface area contributed by atoms with Crippen molar-refractivity contribution < 1.29 is 68.3 Å². The van der Waals surface area contributed by atoms with Crippen molar-refractivity contribution in [3.63, 3.8) is 0 Å². The molecule has 297 valence electrons. The van der Waals surface area contributed by atoms with Crippen LogP contribution in [0.1, 0.15) is 252 Å². The van der Waals surface area contributed by atoms with Gasteiger partial charge in [0.05, 0.1) is 0 Å². The summed E-state index contributed by atoms with van der Waals surface area (Å²) in [6, 6.07) is 0. The molecule has 0 saturated carbocycles. The van der Waals surface area contributed by atoms with Gasteiger partial charge in [-0.15, -0.1) is 0 Å². The fourth-order valence-electron chi connectivity index (χ4n) is 5.82. The third kappa shape index (κ3) is 66.5. The van der Waals surface area contributed by atoms with Gasteiger partial charge in [0.1, 0.15) is 0 Å². The number of aliphatic carboxylic acids is 3. The molecule has 1 radical (unpaired) electrons. The van der Waals surface area contributed by atoms with Gasteiger partial charge in [-0.3, -0.25) is 14.4 Å². The SMILES string of the molecule is CCCCCCCCCCCCCC(=O)O.CCCCCCCCCCCCCC(=O)O.CCCCCCCCCCCCCC(=O)O.[Tb]. The van der Waals surface area contributed by atoms with Crippen LogP contribution in [0.4, 0.5) is 0 Å². The second kappa shape index (κ2) is 52.1. The van der Waals surface area contributed by atoms with E-state index in [0.29, 0.717) is 19.3 Å². The summed E-state index contributed by atoms with van der Waals surface area (Å²) in [5, 5.41) is 25.4. The third-order valence-electron chi connectivity index (χ3n) is 8.98. The first-order valence-corrected chi connectivity index (χ1v) is 21.0. The van der Waals surface area contributed by atoms with E-state index in [1.165, 1.54) is 173 Å². The predicted octanol–water partition coefficient (Wildman–Crippen LogP) is 14.3. The first kappa shape index (κ1) is 55.5. The molecule has 6 nitrogen and oxygen atoms in total. The minimum absolute atomic E-state index is 0. The number of carbonyl (C=O) groups is 3. The molecule has 49 heavy (non-hydrogen) atoms. The third-order valence-corrected chi connectivity index (χ3v) is 8.98. The predicted molar refractivity (Wildman–Crippen MR) is 206 cm³/mol. The van der Waals surface area contributed by atoms with Gasteiger partial charge in [0.25, 0.3) is 0 Å². The van der Waals surface area contributed by atoms with Crippen molar-refractivity contribution >= 4 is 17.9 Å². The normalized spacial score (nSPS) is 10.3. The number of carboxylic acids is 3. The molecule has 0 aliphatic carbocycles. The summed E-state index contributed by atoms with van der Waals surface area (Å²) in [5.41, 5.74) is 0. The quantitative estimate of drug-likeness (QED) is 0.0542. The van der Waals surface area contributed by atoms with Crippen LogP contribution in [0.2, 0.25) is 0 Å². The van der Waals surface area contributed by atoms with Crippen LogP contribution in [0.3, 0.4) is 0 Å². The summed E-state index contributed by atoms with van der Waals surface area (Å²) >= 11 is 0. The van der Waals surface area contributed by atoms with E-state index < -0.39 is 17.9 Å². The Balaban J connectivity index is -0.000000307. The van der Waals surface area contributed by atoms with E-state index in [9.17, 15) is 14.4 Å². The minimum Gasteiger partial charge on any atom is -0.481 e. The number of hydrogen-bond acceptors (Lipinski definition) is 3. The zero-order valence-corrected chi connectivity index (χ0v) is 35.0. The standard InChI is InChI=1S/3C14H28O2.Tb/c3*1-2-3-4-5-6-7-8-9-10-11-12-13-14(15)16;/h3*2-13H2,1H3,(H,15,16);. The molecule has 0 heterocycles. The Morgan fingerprint density at radius 1 is 0.265 bits per heavy atom. The van der Waals surface area contributed by atoms with E-state index in [0.717, 1.165) is 38.5 Å². The second-order valence-corrected chi connectivity index (χ2v) is 14.0. The van der Waals surface area contributed by atoms with Crippen molar-refractivity contribution in [2.45, 2.75) is 252 Å². The number of unbranched alkanes of at least 4 members (excludes halogenated alkanes) is 30. The molecule has 0 rings (SSSR count). The average Bonchev–Trinajstić information content (AvgIpc) is 3.05. The molecular formula is C42H84O6Tb. The summed E-state index contributed by atoms with van der Waals surface area (Å²) in [6.45, 7) is 6.74. The summed E-state index contributed by atoms with van der Waals surface area (Å²) in [6.07, 6.45) is 43.1. The van der Waals surface area contributed by atoms with E-state index in [1.54, 1.807) is 0 Å². The van der Waals surface area contributed by atoms with E-state index in [1.807, 2.05) is 0 Å². The number of rotatable bonds is 36. The molecule has 0 amide bonds. The Hall–Kier alpha value is -0.304. The van der Waals surface area contributed by atoms with E-state index in [4.69, 9.17) is 15.3 Å². The fourth-order valence-corrected chi connectivity index (χ4v) is 5.82. The Bertz CT molecular complexity index is 557. The second-order valence-electron chi connectivity index (χ2n) is 14.0. The zero-order chi connectivity index (χ0) is 36.2. The van der Waals surface area contributed by atoms with Crippen LogP contribution in [0, 0.1) is 38.6 Å². The maximum atomic E-state index is 10.3. The van der Waals surface area contributed by atoms with Crippen LogP contribution < -0.4 is 0 Å². The molecular weight excluding hydrogens is 759 g/mol. The molecule has 0 spiro atoms. The van der Waals surface area contributed by atoms with Gasteiger partial charge in [-0.1, -0.05) is 213 Å². The van der Waals surface area contributed by atoms with Gasteiger partial charge in [0, 0.05) is 57.9 Å². The average molecular weight is 844 g/mol. The van der Waals surface area contributed by atoms with Crippen molar-refractivity contribution in [1.29, 1.82) is 0 Å². The van der Waals surface area contributed by atoms with Gasteiger partial charge < -0.3 is 15.3 Å².